The molecule has 39 heavy (non-hydrogen) atoms. The summed E-state index contributed by atoms with van der Waals surface area (Å²) in [5.41, 5.74) is 1.54. The molecule has 8 heteroatoms. The lowest BCUT2D eigenvalue weighted by Gasteiger charge is -2.34. The summed E-state index contributed by atoms with van der Waals surface area (Å²) in [4.78, 5) is 24.8. The molecular formula is C31H34Cl4N2O2. The van der Waals surface area contributed by atoms with Crippen molar-refractivity contribution in [1.82, 2.24) is 10.6 Å². The van der Waals surface area contributed by atoms with E-state index in [1.54, 1.807) is 60.7 Å². The Labute approximate surface area is 251 Å². The minimum atomic E-state index is -0.0871. The van der Waals surface area contributed by atoms with Gasteiger partial charge in [-0.05, 0) is 117 Å². The van der Waals surface area contributed by atoms with Crippen LogP contribution in [-0.2, 0) is 9.59 Å². The minimum absolute atomic E-state index is 0.0871. The number of rotatable bonds is 8. The van der Waals surface area contributed by atoms with Crippen molar-refractivity contribution >= 4 is 70.4 Å². The number of hydrogen-bond donors (Lipinski definition) is 2. The fraction of sp³-hybridized carbons (Fsp3) is 0.419. The smallest absolute Gasteiger partial charge is 0.244 e. The molecule has 0 radical (unpaired) electrons. The van der Waals surface area contributed by atoms with Gasteiger partial charge in [-0.1, -0.05) is 58.5 Å². The second kappa shape index (κ2) is 14.6. The van der Waals surface area contributed by atoms with E-state index in [-0.39, 0.29) is 23.9 Å². The molecule has 0 saturated heterocycles. The highest BCUT2D eigenvalue weighted by Crippen LogP contribution is 2.35. The van der Waals surface area contributed by atoms with Gasteiger partial charge in [0, 0.05) is 44.3 Å². The first-order valence-corrected chi connectivity index (χ1v) is 15.1. The van der Waals surface area contributed by atoms with Crippen LogP contribution in [0.5, 0.6) is 0 Å². The van der Waals surface area contributed by atoms with E-state index in [0.29, 0.717) is 31.9 Å². The van der Waals surface area contributed by atoms with Crippen molar-refractivity contribution in [3.05, 3.63) is 79.8 Å². The molecule has 0 unspecified atom stereocenters. The summed E-state index contributed by atoms with van der Waals surface area (Å²) >= 11 is 24.2. The Morgan fingerprint density at radius 1 is 0.641 bits per heavy atom. The normalized spacial score (nSPS) is 23.7. The Balaban J connectivity index is 1.12. The molecule has 2 N–H and O–H groups in total. The van der Waals surface area contributed by atoms with Crippen molar-refractivity contribution in [3.63, 3.8) is 0 Å². The van der Waals surface area contributed by atoms with E-state index in [4.69, 9.17) is 46.4 Å². The van der Waals surface area contributed by atoms with Gasteiger partial charge in [-0.15, -0.1) is 0 Å². The second-order valence-corrected chi connectivity index (χ2v) is 12.4. The molecule has 4 rings (SSSR count). The van der Waals surface area contributed by atoms with Crippen LogP contribution in [0.2, 0.25) is 20.1 Å². The Hall–Kier alpha value is -1.98. The maximum Gasteiger partial charge on any atom is 0.244 e. The van der Waals surface area contributed by atoms with Crippen molar-refractivity contribution in [1.29, 1.82) is 0 Å². The highest BCUT2D eigenvalue weighted by atomic mass is 35.5. The molecule has 2 amide bonds. The molecule has 2 aromatic rings. The zero-order valence-corrected chi connectivity index (χ0v) is 24.8. The Morgan fingerprint density at radius 2 is 1.03 bits per heavy atom. The van der Waals surface area contributed by atoms with E-state index in [1.807, 2.05) is 0 Å². The topological polar surface area (TPSA) is 58.2 Å². The summed E-state index contributed by atoms with van der Waals surface area (Å²) in [6.45, 7) is 0. The molecule has 0 aromatic heterocycles. The number of halogens is 4. The van der Waals surface area contributed by atoms with Crippen molar-refractivity contribution < 1.29 is 9.59 Å². The van der Waals surface area contributed by atoms with Gasteiger partial charge < -0.3 is 10.6 Å². The van der Waals surface area contributed by atoms with E-state index >= 15 is 0 Å². The Kier molecular flexibility index (Phi) is 11.2. The van der Waals surface area contributed by atoms with Gasteiger partial charge >= 0.3 is 0 Å². The van der Waals surface area contributed by atoms with Gasteiger partial charge in [0.1, 0.15) is 0 Å². The fourth-order valence-electron chi connectivity index (χ4n) is 5.66. The molecule has 2 aromatic carbocycles. The molecule has 0 aliphatic heterocycles. The molecule has 208 valence electrons. The van der Waals surface area contributed by atoms with Crippen LogP contribution in [0.4, 0.5) is 0 Å². The van der Waals surface area contributed by atoms with Crippen molar-refractivity contribution in [2.45, 2.75) is 69.9 Å². The van der Waals surface area contributed by atoms with Gasteiger partial charge in [-0.2, -0.15) is 0 Å². The number of carbonyl (C=O) groups is 2. The molecular weight excluding hydrogens is 574 g/mol. The van der Waals surface area contributed by atoms with Gasteiger partial charge in [0.05, 0.1) is 0 Å². The van der Waals surface area contributed by atoms with Gasteiger partial charge in [0.25, 0.3) is 0 Å². The lowest BCUT2D eigenvalue weighted by Crippen LogP contribution is -2.38. The number of nitrogens with one attached hydrogen (secondary N) is 2. The van der Waals surface area contributed by atoms with Crippen molar-refractivity contribution in [2.75, 3.05) is 0 Å². The summed E-state index contributed by atoms with van der Waals surface area (Å²) in [6.07, 6.45) is 16.4. The van der Waals surface area contributed by atoms with Crippen LogP contribution < -0.4 is 10.6 Å². The first kappa shape index (κ1) is 30.0. The first-order valence-electron chi connectivity index (χ1n) is 13.6. The van der Waals surface area contributed by atoms with Gasteiger partial charge in [0.2, 0.25) is 11.8 Å². The number of hydrogen-bond acceptors (Lipinski definition) is 2. The summed E-state index contributed by atoms with van der Waals surface area (Å²) in [5, 5.41) is 8.48. The SMILES string of the molecule is O=C(/C=C/c1ccc(Cl)cc1Cl)NC1CCC(CC2CCC(NC(=O)/C=C/c3ccc(Cl)cc3Cl)CC2)CC1. The van der Waals surface area contributed by atoms with Crippen LogP contribution in [0, 0.1) is 11.8 Å². The van der Waals surface area contributed by atoms with Crippen molar-refractivity contribution in [3.8, 4) is 0 Å². The summed E-state index contributed by atoms with van der Waals surface area (Å²) in [5.74, 6) is 1.25. The van der Waals surface area contributed by atoms with E-state index < -0.39 is 0 Å². The standard InChI is InChI=1S/C31H34Cl4N2O2/c32-24-9-5-22(28(34)18-24)7-15-30(38)36-26-11-1-20(2-12-26)17-21-3-13-27(14-4-21)37-31(39)16-8-23-6-10-25(33)19-29(23)35/h5-10,15-16,18-21,26-27H,1-4,11-14,17H2,(H,36,38)(H,37,39)/b15-7+,16-8+. The maximum atomic E-state index is 12.4. The largest absolute Gasteiger partial charge is 0.350 e. The molecule has 2 saturated carbocycles. The molecule has 4 nitrogen and oxygen atoms in total. The molecule has 2 fully saturated rings. The molecule has 0 spiro atoms. The van der Waals surface area contributed by atoms with Gasteiger partial charge in [-0.25, -0.2) is 0 Å². The number of carbonyl (C=O) groups excluding carboxylic acids is 2. The molecule has 0 heterocycles. The Bertz CT molecular complexity index is 1120. The molecule has 2 aliphatic rings. The third-order valence-corrected chi connectivity index (χ3v) is 8.93. The van der Waals surface area contributed by atoms with Crippen LogP contribution in [0.15, 0.2) is 48.6 Å². The maximum absolute atomic E-state index is 12.4. The highest BCUT2D eigenvalue weighted by molar-refractivity contribution is 6.36. The first-order chi connectivity index (χ1) is 18.7. The number of benzene rings is 2. The predicted octanol–water partition coefficient (Wildman–Crippen LogP) is 8.77. The average Bonchev–Trinajstić information content (AvgIpc) is 2.90. The lowest BCUT2D eigenvalue weighted by molar-refractivity contribution is -0.118. The lowest BCUT2D eigenvalue weighted by atomic mass is 9.75. The average molecular weight is 608 g/mol. The van der Waals surface area contributed by atoms with Crippen LogP contribution in [0.25, 0.3) is 12.2 Å². The van der Waals surface area contributed by atoms with Crippen LogP contribution >= 0.6 is 46.4 Å². The van der Waals surface area contributed by atoms with E-state index in [1.165, 1.54) is 6.42 Å². The molecule has 0 bridgehead atoms. The summed E-state index contributed by atoms with van der Waals surface area (Å²) in [7, 11) is 0. The monoisotopic (exact) mass is 606 g/mol. The predicted molar refractivity (Wildman–Crippen MR) is 163 cm³/mol. The van der Waals surface area contributed by atoms with Crippen LogP contribution in [-0.4, -0.2) is 23.9 Å². The minimum Gasteiger partial charge on any atom is -0.350 e. The summed E-state index contributed by atoms with van der Waals surface area (Å²) in [6, 6.07) is 10.9. The molecule has 0 atom stereocenters. The van der Waals surface area contributed by atoms with Crippen molar-refractivity contribution in [2.24, 2.45) is 11.8 Å². The summed E-state index contributed by atoms with van der Waals surface area (Å²) < 4.78 is 0. The quantitative estimate of drug-likeness (QED) is 0.295. The zero-order valence-electron chi connectivity index (χ0n) is 21.8. The second-order valence-electron chi connectivity index (χ2n) is 10.7. The zero-order chi connectivity index (χ0) is 27.8. The van der Waals surface area contributed by atoms with Crippen LogP contribution in [0.1, 0.15) is 68.9 Å². The Morgan fingerprint density at radius 3 is 1.38 bits per heavy atom. The van der Waals surface area contributed by atoms with Gasteiger partial charge in [0.15, 0.2) is 0 Å². The fourth-order valence-corrected chi connectivity index (χ4v) is 6.60. The third-order valence-electron chi connectivity index (χ3n) is 7.81. The third kappa shape index (κ3) is 9.56. The molecule has 2 aliphatic carbocycles. The van der Waals surface area contributed by atoms with E-state index in [0.717, 1.165) is 62.5 Å². The highest BCUT2D eigenvalue weighted by Gasteiger charge is 2.27. The van der Waals surface area contributed by atoms with E-state index in [2.05, 4.69) is 10.6 Å². The van der Waals surface area contributed by atoms with Crippen LogP contribution in [0.3, 0.4) is 0 Å². The van der Waals surface area contributed by atoms with Gasteiger partial charge in [-0.3, -0.25) is 9.59 Å². The van der Waals surface area contributed by atoms with E-state index in [9.17, 15) is 9.59 Å². The number of amides is 2.